The maximum Gasteiger partial charge on any atom is 0.426 e. The summed E-state index contributed by atoms with van der Waals surface area (Å²) in [4.78, 5) is 22.3. The molecule has 98 valence electrons. The van der Waals surface area contributed by atoms with Crippen molar-refractivity contribution in [2.24, 2.45) is 0 Å². The zero-order valence-corrected chi connectivity index (χ0v) is 11.2. The Morgan fingerprint density at radius 2 is 2.11 bits per heavy atom. The Labute approximate surface area is 112 Å². The minimum absolute atomic E-state index is 0.0191. The first kappa shape index (κ1) is 14.4. The Morgan fingerprint density at radius 3 is 2.72 bits per heavy atom. The molecule has 2 amide bonds. The lowest BCUT2D eigenvalue weighted by atomic mass is 10.1. The smallest absolute Gasteiger partial charge is 0.426 e. The highest BCUT2D eigenvalue weighted by atomic mass is 79.9. The standard InChI is InChI=1S/C11H12BrFN2O3/c1-2-18-11(17)15-14-10(16)6-7-3-4-9(13)8(12)5-7/h3-5H,2,6H2,1H3,(H,14,16)(H,15,17). The van der Waals surface area contributed by atoms with Crippen LogP contribution in [0.15, 0.2) is 22.7 Å². The summed E-state index contributed by atoms with van der Waals surface area (Å²) < 4.78 is 17.8. The fourth-order valence-electron chi connectivity index (χ4n) is 1.17. The van der Waals surface area contributed by atoms with Gasteiger partial charge in [-0.15, -0.1) is 0 Å². The van der Waals surface area contributed by atoms with Crippen LogP contribution in [0, 0.1) is 5.82 Å². The van der Waals surface area contributed by atoms with Crippen LogP contribution in [0.3, 0.4) is 0 Å². The van der Waals surface area contributed by atoms with E-state index in [-0.39, 0.29) is 17.5 Å². The van der Waals surface area contributed by atoms with Crippen LogP contribution in [0.4, 0.5) is 9.18 Å². The van der Waals surface area contributed by atoms with Gasteiger partial charge >= 0.3 is 6.09 Å². The van der Waals surface area contributed by atoms with Crippen LogP contribution in [0.5, 0.6) is 0 Å². The van der Waals surface area contributed by atoms with Gasteiger partial charge < -0.3 is 4.74 Å². The van der Waals surface area contributed by atoms with Gasteiger partial charge in [0.05, 0.1) is 17.5 Å². The molecule has 0 radical (unpaired) electrons. The summed E-state index contributed by atoms with van der Waals surface area (Å²) in [6.45, 7) is 1.87. The van der Waals surface area contributed by atoms with Gasteiger partial charge in [0.25, 0.3) is 0 Å². The molecule has 0 fully saturated rings. The molecule has 0 heterocycles. The van der Waals surface area contributed by atoms with Crippen molar-refractivity contribution in [2.45, 2.75) is 13.3 Å². The number of hydrazine groups is 1. The number of benzene rings is 1. The Hall–Kier alpha value is -1.63. The van der Waals surface area contributed by atoms with Crippen LogP contribution in [-0.2, 0) is 16.0 Å². The number of amides is 2. The van der Waals surface area contributed by atoms with Crippen molar-refractivity contribution < 1.29 is 18.7 Å². The fraction of sp³-hybridized carbons (Fsp3) is 0.273. The summed E-state index contributed by atoms with van der Waals surface area (Å²) in [5.74, 6) is -0.828. The molecule has 0 saturated heterocycles. The lowest BCUT2D eigenvalue weighted by Gasteiger charge is -2.07. The molecule has 0 saturated carbocycles. The van der Waals surface area contributed by atoms with Gasteiger partial charge in [0, 0.05) is 0 Å². The molecule has 0 unspecified atom stereocenters. The third kappa shape index (κ3) is 4.70. The monoisotopic (exact) mass is 318 g/mol. The highest BCUT2D eigenvalue weighted by molar-refractivity contribution is 9.10. The molecule has 0 aliphatic heterocycles. The molecule has 1 rings (SSSR count). The van der Waals surface area contributed by atoms with E-state index in [1.807, 2.05) is 0 Å². The highest BCUT2D eigenvalue weighted by Gasteiger charge is 2.07. The highest BCUT2D eigenvalue weighted by Crippen LogP contribution is 2.16. The minimum Gasteiger partial charge on any atom is -0.449 e. The number of hydrogen-bond acceptors (Lipinski definition) is 3. The number of carbonyl (C=O) groups is 2. The summed E-state index contributed by atoms with van der Waals surface area (Å²) in [5.41, 5.74) is 4.88. The molecular formula is C11H12BrFN2O3. The minimum atomic E-state index is -0.730. The molecule has 0 bridgehead atoms. The van der Waals surface area contributed by atoms with Crippen molar-refractivity contribution in [2.75, 3.05) is 6.61 Å². The first-order valence-electron chi connectivity index (χ1n) is 5.18. The molecule has 1 aromatic rings. The van der Waals surface area contributed by atoms with Crippen LogP contribution >= 0.6 is 15.9 Å². The van der Waals surface area contributed by atoms with Crippen molar-refractivity contribution in [1.29, 1.82) is 0 Å². The van der Waals surface area contributed by atoms with E-state index in [1.165, 1.54) is 18.2 Å². The van der Waals surface area contributed by atoms with Gasteiger partial charge in [-0.2, -0.15) is 0 Å². The molecular weight excluding hydrogens is 307 g/mol. The molecule has 2 N–H and O–H groups in total. The van der Waals surface area contributed by atoms with Gasteiger partial charge in [-0.1, -0.05) is 6.07 Å². The molecule has 18 heavy (non-hydrogen) atoms. The van der Waals surface area contributed by atoms with Crippen LogP contribution in [0.25, 0.3) is 0 Å². The van der Waals surface area contributed by atoms with Gasteiger partial charge in [0.2, 0.25) is 5.91 Å². The Kier molecular flexibility index (Phi) is 5.57. The second kappa shape index (κ2) is 6.95. The SMILES string of the molecule is CCOC(=O)NNC(=O)Cc1ccc(F)c(Br)c1. The van der Waals surface area contributed by atoms with Gasteiger partial charge in [0.1, 0.15) is 5.82 Å². The Balaban J connectivity index is 2.44. The van der Waals surface area contributed by atoms with Crippen molar-refractivity contribution in [3.05, 3.63) is 34.1 Å². The van der Waals surface area contributed by atoms with E-state index < -0.39 is 17.8 Å². The van der Waals surface area contributed by atoms with E-state index >= 15 is 0 Å². The van der Waals surface area contributed by atoms with Crippen molar-refractivity contribution in [3.8, 4) is 0 Å². The zero-order valence-electron chi connectivity index (χ0n) is 9.63. The number of hydrogen-bond donors (Lipinski definition) is 2. The second-order valence-corrected chi connectivity index (χ2v) is 4.17. The third-order valence-electron chi connectivity index (χ3n) is 1.93. The average molecular weight is 319 g/mol. The van der Waals surface area contributed by atoms with Crippen molar-refractivity contribution in [1.82, 2.24) is 10.9 Å². The van der Waals surface area contributed by atoms with Gasteiger partial charge in [0.15, 0.2) is 0 Å². The van der Waals surface area contributed by atoms with E-state index in [2.05, 4.69) is 31.5 Å². The van der Waals surface area contributed by atoms with E-state index in [0.29, 0.717) is 5.56 Å². The normalized spacial score (nSPS) is 9.72. The number of ether oxygens (including phenoxy) is 1. The number of halogens is 2. The Morgan fingerprint density at radius 1 is 1.39 bits per heavy atom. The number of nitrogens with one attached hydrogen (secondary N) is 2. The van der Waals surface area contributed by atoms with E-state index in [4.69, 9.17) is 0 Å². The fourth-order valence-corrected chi connectivity index (χ4v) is 1.59. The third-order valence-corrected chi connectivity index (χ3v) is 2.54. The van der Waals surface area contributed by atoms with Crippen LogP contribution < -0.4 is 10.9 Å². The molecule has 5 nitrogen and oxygen atoms in total. The molecule has 0 aliphatic rings. The largest absolute Gasteiger partial charge is 0.449 e. The van der Waals surface area contributed by atoms with E-state index in [0.717, 1.165) is 0 Å². The van der Waals surface area contributed by atoms with Crippen LogP contribution in [0.2, 0.25) is 0 Å². The molecule has 7 heteroatoms. The van der Waals surface area contributed by atoms with Crippen molar-refractivity contribution >= 4 is 27.9 Å². The van der Waals surface area contributed by atoms with E-state index in [1.54, 1.807) is 6.92 Å². The maximum absolute atomic E-state index is 13.0. The summed E-state index contributed by atoms with van der Waals surface area (Å²) in [5, 5.41) is 0. The number of rotatable bonds is 3. The quantitative estimate of drug-likeness (QED) is 0.836. The molecule has 0 aliphatic carbocycles. The van der Waals surface area contributed by atoms with Gasteiger partial charge in [-0.3, -0.25) is 10.2 Å². The summed E-state index contributed by atoms with van der Waals surface area (Å²) in [6, 6.07) is 4.24. The zero-order chi connectivity index (χ0) is 13.5. The molecule has 1 aromatic carbocycles. The summed E-state index contributed by atoms with van der Waals surface area (Å²) in [7, 11) is 0. The van der Waals surface area contributed by atoms with Crippen molar-refractivity contribution in [3.63, 3.8) is 0 Å². The number of carbonyl (C=O) groups excluding carboxylic acids is 2. The first-order chi connectivity index (χ1) is 8.52. The average Bonchev–Trinajstić information content (AvgIpc) is 2.32. The van der Waals surface area contributed by atoms with Crippen LogP contribution in [0.1, 0.15) is 12.5 Å². The molecule has 0 spiro atoms. The topological polar surface area (TPSA) is 67.4 Å². The second-order valence-electron chi connectivity index (χ2n) is 3.32. The predicted molar refractivity (Wildman–Crippen MR) is 66.1 cm³/mol. The summed E-state index contributed by atoms with van der Waals surface area (Å²) >= 11 is 3.02. The first-order valence-corrected chi connectivity index (χ1v) is 5.97. The van der Waals surface area contributed by atoms with Crippen LogP contribution in [-0.4, -0.2) is 18.6 Å². The predicted octanol–water partition coefficient (Wildman–Crippen LogP) is 1.91. The maximum atomic E-state index is 13.0. The lowest BCUT2D eigenvalue weighted by Crippen LogP contribution is -2.42. The van der Waals surface area contributed by atoms with E-state index in [9.17, 15) is 14.0 Å². The summed E-state index contributed by atoms with van der Waals surface area (Å²) in [6.07, 6.45) is -0.711. The lowest BCUT2D eigenvalue weighted by molar-refractivity contribution is -0.121. The van der Waals surface area contributed by atoms with Gasteiger partial charge in [-0.05, 0) is 40.5 Å². The molecule has 0 aromatic heterocycles. The van der Waals surface area contributed by atoms with Gasteiger partial charge in [-0.25, -0.2) is 14.6 Å². The Bertz CT molecular complexity index is 454. The molecule has 0 atom stereocenters.